The second-order valence-corrected chi connectivity index (χ2v) is 5.88. The van der Waals surface area contributed by atoms with Gasteiger partial charge in [0.15, 0.2) is 5.58 Å². The summed E-state index contributed by atoms with van der Waals surface area (Å²) >= 11 is 5.27. The van der Waals surface area contributed by atoms with Gasteiger partial charge in [-0.15, -0.1) is 11.3 Å². The zero-order chi connectivity index (χ0) is 13.4. The van der Waals surface area contributed by atoms with Crippen LogP contribution in [-0.2, 0) is 0 Å². The van der Waals surface area contributed by atoms with Crippen LogP contribution >= 0.6 is 27.3 Å². The number of oxazole rings is 1. The summed E-state index contributed by atoms with van der Waals surface area (Å²) < 4.78 is 10.2. The number of hydrogen-bond donors (Lipinski definition) is 1. The molecule has 0 bridgehead atoms. The molecule has 0 radical (unpaired) electrons. The minimum absolute atomic E-state index is 0.0472. The third-order valence-electron chi connectivity index (χ3n) is 2.82. The van der Waals surface area contributed by atoms with Crippen molar-refractivity contribution in [1.82, 2.24) is 4.98 Å². The molecule has 1 atom stereocenters. The second-order valence-electron chi connectivity index (χ2n) is 4.02. The van der Waals surface area contributed by atoms with Gasteiger partial charge in [0, 0.05) is 10.3 Å². The Morgan fingerprint density at radius 1 is 1.42 bits per heavy atom. The van der Waals surface area contributed by atoms with E-state index in [1.54, 1.807) is 18.4 Å². The highest BCUT2D eigenvalue weighted by atomic mass is 79.9. The fourth-order valence-electron chi connectivity index (χ4n) is 1.86. The zero-order valence-corrected chi connectivity index (χ0v) is 12.4. The van der Waals surface area contributed by atoms with Gasteiger partial charge in [0.25, 0.3) is 0 Å². The number of hydrogen-bond acceptors (Lipinski definition) is 4. The molecule has 0 fully saturated rings. The van der Waals surface area contributed by atoms with E-state index in [1.165, 1.54) is 0 Å². The van der Waals surface area contributed by atoms with Gasteiger partial charge in [-0.2, -0.15) is 0 Å². The first-order valence-electron chi connectivity index (χ1n) is 5.56. The maximum absolute atomic E-state index is 11.1. The lowest BCUT2D eigenvalue weighted by Gasteiger charge is -2.07. The number of nitrogens with one attached hydrogen (secondary N) is 1. The molecule has 19 heavy (non-hydrogen) atoms. The fourth-order valence-corrected chi connectivity index (χ4v) is 3.46. The van der Waals surface area contributed by atoms with Crippen molar-refractivity contribution in [2.75, 3.05) is 7.11 Å². The average Bonchev–Trinajstić information content (AvgIpc) is 3.01. The molecule has 3 rings (SSSR count). The molecule has 0 aliphatic carbocycles. The molecule has 1 unspecified atom stereocenters. The summed E-state index contributed by atoms with van der Waals surface area (Å²) in [5.74, 6) is 0.412. The Morgan fingerprint density at radius 3 is 3.00 bits per heavy atom. The van der Waals surface area contributed by atoms with Crippen LogP contribution in [0.2, 0.25) is 0 Å². The molecule has 0 saturated carbocycles. The minimum Gasteiger partial charge on any atom is -0.496 e. The molecule has 2 heterocycles. The largest absolute Gasteiger partial charge is 0.496 e. The molecular formula is C13H10BrNO3S. The lowest BCUT2D eigenvalue weighted by molar-refractivity contribution is 0.416. The lowest BCUT2D eigenvalue weighted by atomic mass is 10.1. The monoisotopic (exact) mass is 339 g/mol. The number of aromatic nitrogens is 1. The van der Waals surface area contributed by atoms with Gasteiger partial charge in [0.2, 0.25) is 0 Å². The first-order valence-corrected chi connectivity index (χ1v) is 7.36. The Bertz CT molecular complexity index is 773. The summed E-state index contributed by atoms with van der Waals surface area (Å²) in [4.78, 5) is 14.9. The molecule has 0 amide bonds. The molecule has 3 aromatic rings. The predicted molar refractivity (Wildman–Crippen MR) is 78.5 cm³/mol. The number of H-pyrrole nitrogens is 1. The van der Waals surface area contributed by atoms with Crippen LogP contribution in [0.3, 0.4) is 0 Å². The van der Waals surface area contributed by atoms with E-state index in [-0.39, 0.29) is 4.83 Å². The number of fused-ring (bicyclic) bond motifs is 1. The normalized spacial score (nSPS) is 12.7. The van der Waals surface area contributed by atoms with Gasteiger partial charge in [0.1, 0.15) is 5.75 Å². The third kappa shape index (κ3) is 2.33. The van der Waals surface area contributed by atoms with Gasteiger partial charge >= 0.3 is 5.76 Å². The topological polar surface area (TPSA) is 55.2 Å². The van der Waals surface area contributed by atoms with E-state index in [0.29, 0.717) is 11.1 Å². The molecule has 2 aromatic heterocycles. The standard InChI is InChI=1S/C13H10BrNO3S/c1-17-8-5-11(19-6-8)12(14)7-2-3-9-10(4-7)18-13(16)15-9/h2-6,12H,1H3,(H,15,16). The van der Waals surface area contributed by atoms with Crippen LogP contribution in [0.5, 0.6) is 5.75 Å². The average molecular weight is 340 g/mol. The number of ether oxygens (including phenoxy) is 1. The molecule has 0 spiro atoms. The van der Waals surface area contributed by atoms with Gasteiger partial charge < -0.3 is 9.15 Å². The summed E-state index contributed by atoms with van der Waals surface area (Å²) in [6.07, 6.45) is 0. The maximum atomic E-state index is 11.1. The Balaban J connectivity index is 2.00. The number of methoxy groups -OCH3 is 1. The van der Waals surface area contributed by atoms with Crippen LogP contribution in [0.4, 0.5) is 0 Å². The lowest BCUT2D eigenvalue weighted by Crippen LogP contribution is -1.92. The number of thiophene rings is 1. The number of alkyl halides is 1. The number of rotatable bonds is 3. The summed E-state index contributed by atoms with van der Waals surface area (Å²) in [6.45, 7) is 0. The Kier molecular flexibility index (Phi) is 3.20. The van der Waals surface area contributed by atoms with Crippen LogP contribution in [0, 0.1) is 0 Å². The van der Waals surface area contributed by atoms with E-state index in [2.05, 4.69) is 20.9 Å². The van der Waals surface area contributed by atoms with Crippen molar-refractivity contribution in [3.63, 3.8) is 0 Å². The van der Waals surface area contributed by atoms with E-state index >= 15 is 0 Å². The van der Waals surface area contributed by atoms with Gasteiger partial charge in [0.05, 0.1) is 17.5 Å². The Hall–Kier alpha value is -1.53. The number of aromatic amines is 1. The molecule has 1 N–H and O–H groups in total. The smallest absolute Gasteiger partial charge is 0.417 e. The van der Waals surface area contributed by atoms with Crippen molar-refractivity contribution in [1.29, 1.82) is 0 Å². The van der Waals surface area contributed by atoms with Gasteiger partial charge in [-0.25, -0.2) is 4.79 Å². The Morgan fingerprint density at radius 2 is 2.26 bits per heavy atom. The fraction of sp³-hybridized carbons (Fsp3) is 0.154. The second kappa shape index (κ2) is 4.86. The molecule has 0 aliphatic heterocycles. The van der Waals surface area contributed by atoms with E-state index < -0.39 is 5.76 Å². The highest BCUT2D eigenvalue weighted by Gasteiger charge is 2.14. The van der Waals surface area contributed by atoms with E-state index in [1.807, 2.05) is 29.6 Å². The van der Waals surface area contributed by atoms with Gasteiger partial charge in [-0.3, -0.25) is 4.98 Å². The molecule has 1 aromatic carbocycles. The maximum Gasteiger partial charge on any atom is 0.417 e. The molecule has 0 aliphatic rings. The Labute approximate surface area is 121 Å². The third-order valence-corrected chi connectivity index (χ3v) is 5.12. The van der Waals surface area contributed by atoms with Crippen molar-refractivity contribution in [2.24, 2.45) is 0 Å². The quantitative estimate of drug-likeness (QED) is 0.740. The van der Waals surface area contributed by atoms with Crippen LogP contribution in [0.15, 0.2) is 38.9 Å². The first kappa shape index (κ1) is 12.5. The highest BCUT2D eigenvalue weighted by molar-refractivity contribution is 9.09. The van der Waals surface area contributed by atoms with E-state index in [4.69, 9.17) is 9.15 Å². The molecular weight excluding hydrogens is 330 g/mol. The van der Waals surface area contributed by atoms with Crippen molar-refractivity contribution >= 4 is 38.4 Å². The molecule has 0 saturated heterocycles. The molecule has 4 nitrogen and oxygen atoms in total. The summed E-state index contributed by atoms with van der Waals surface area (Å²) in [6, 6.07) is 7.65. The summed E-state index contributed by atoms with van der Waals surface area (Å²) in [7, 11) is 1.65. The van der Waals surface area contributed by atoms with E-state index in [0.717, 1.165) is 16.2 Å². The van der Waals surface area contributed by atoms with Gasteiger partial charge in [-0.05, 0) is 23.8 Å². The summed E-state index contributed by atoms with van der Waals surface area (Å²) in [5.41, 5.74) is 2.30. The zero-order valence-electron chi connectivity index (χ0n) is 9.98. The van der Waals surface area contributed by atoms with Crippen LogP contribution in [-0.4, -0.2) is 12.1 Å². The first-order chi connectivity index (χ1) is 9.17. The van der Waals surface area contributed by atoms with Crippen molar-refractivity contribution in [3.8, 4) is 5.75 Å². The molecule has 98 valence electrons. The van der Waals surface area contributed by atoms with Crippen molar-refractivity contribution in [3.05, 3.63) is 50.6 Å². The van der Waals surface area contributed by atoms with Crippen molar-refractivity contribution < 1.29 is 9.15 Å². The predicted octanol–water partition coefficient (Wildman–Crippen LogP) is 3.68. The summed E-state index contributed by atoms with van der Waals surface area (Å²) in [5, 5.41) is 1.96. The number of benzene rings is 1. The van der Waals surface area contributed by atoms with Crippen LogP contribution in [0.1, 0.15) is 15.3 Å². The van der Waals surface area contributed by atoms with Crippen LogP contribution in [0.25, 0.3) is 11.1 Å². The number of halogens is 1. The minimum atomic E-state index is -0.434. The van der Waals surface area contributed by atoms with E-state index in [9.17, 15) is 4.79 Å². The van der Waals surface area contributed by atoms with Crippen molar-refractivity contribution in [2.45, 2.75) is 4.83 Å². The SMILES string of the molecule is COc1csc(C(Br)c2ccc3[nH]c(=O)oc3c2)c1. The van der Waals surface area contributed by atoms with Crippen LogP contribution < -0.4 is 10.5 Å². The van der Waals surface area contributed by atoms with Gasteiger partial charge in [-0.1, -0.05) is 22.0 Å². The molecule has 6 heteroatoms. The highest BCUT2D eigenvalue weighted by Crippen LogP contribution is 2.37.